The molecule has 5 heteroatoms. The van der Waals surface area contributed by atoms with Crippen molar-refractivity contribution in [3.63, 3.8) is 0 Å². The van der Waals surface area contributed by atoms with Crippen LogP contribution in [0.2, 0.25) is 0 Å². The van der Waals surface area contributed by atoms with Gasteiger partial charge in [-0.1, -0.05) is 0 Å². The van der Waals surface area contributed by atoms with Crippen molar-refractivity contribution in [2.24, 2.45) is 11.6 Å². The Bertz CT molecular complexity index is 274. The van der Waals surface area contributed by atoms with Crippen molar-refractivity contribution in [2.45, 2.75) is 0 Å². The molecule has 4 N–H and O–H groups in total. The van der Waals surface area contributed by atoms with Crippen LogP contribution in [0.1, 0.15) is 10.4 Å². The van der Waals surface area contributed by atoms with E-state index in [0.717, 1.165) is 0 Å². The summed E-state index contributed by atoms with van der Waals surface area (Å²) < 4.78 is 0. The number of carbonyl (C=O) groups excluding carboxylic acids is 1. The predicted octanol–water partition coefficient (Wildman–Crippen LogP) is -0.567. The number of hydrogen-bond acceptors (Lipinski definition) is 4. The van der Waals surface area contributed by atoms with Crippen molar-refractivity contribution in [3.05, 3.63) is 23.9 Å². The van der Waals surface area contributed by atoms with Crippen LogP contribution in [0.3, 0.4) is 0 Å². The number of aromatic nitrogens is 1. The fourth-order valence-corrected chi connectivity index (χ4v) is 0.627. The van der Waals surface area contributed by atoms with Crippen molar-refractivity contribution < 1.29 is 9.63 Å². The molecule has 11 heavy (non-hydrogen) atoms. The third-order valence-corrected chi connectivity index (χ3v) is 1.14. The summed E-state index contributed by atoms with van der Waals surface area (Å²) in [5.74, 6) is 4.44. The van der Waals surface area contributed by atoms with E-state index >= 15 is 0 Å². The van der Waals surface area contributed by atoms with Gasteiger partial charge in [-0.25, -0.2) is 4.98 Å². The normalized spacial score (nSPS) is 9.18. The van der Waals surface area contributed by atoms with Crippen LogP contribution in [0.15, 0.2) is 18.3 Å². The SMILES string of the molecule is NOc1cc(C(N)=O)ccn1. The van der Waals surface area contributed by atoms with Crippen molar-refractivity contribution in [3.8, 4) is 5.88 Å². The summed E-state index contributed by atoms with van der Waals surface area (Å²) in [6, 6.07) is 2.84. The highest BCUT2D eigenvalue weighted by atomic mass is 16.6. The van der Waals surface area contributed by atoms with Crippen molar-refractivity contribution in [1.29, 1.82) is 0 Å². The quantitative estimate of drug-likeness (QED) is 0.557. The minimum absolute atomic E-state index is 0.168. The van der Waals surface area contributed by atoms with Gasteiger partial charge >= 0.3 is 0 Å². The molecule has 0 saturated carbocycles. The van der Waals surface area contributed by atoms with E-state index in [0.29, 0.717) is 5.56 Å². The lowest BCUT2D eigenvalue weighted by Gasteiger charge is -1.97. The largest absolute Gasteiger partial charge is 0.391 e. The first-order valence-corrected chi connectivity index (χ1v) is 2.86. The lowest BCUT2D eigenvalue weighted by atomic mass is 10.2. The number of primary amides is 1. The minimum Gasteiger partial charge on any atom is -0.391 e. The molecule has 58 valence electrons. The fraction of sp³-hybridized carbons (Fsp3) is 0. The first-order valence-electron chi connectivity index (χ1n) is 2.86. The van der Waals surface area contributed by atoms with Crippen molar-refractivity contribution >= 4 is 5.91 Å². The number of nitrogens with zero attached hydrogens (tertiary/aromatic N) is 1. The highest BCUT2D eigenvalue weighted by Gasteiger charge is 2.01. The lowest BCUT2D eigenvalue weighted by molar-refractivity contribution is 0.0999. The summed E-state index contributed by atoms with van der Waals surface area (Å²) in [7, 11) is 0. The predicted molar refractivity (Wildman–Crippen MR) is 37.6 cm³/mol. The summed E-state index contributed by atoms with van der Waals surface area (Å²) in [4.78, 5) is 18.5. The average molecular weight is 153 g/mol. The van der Waals surface area contributed by atoms with Crippen LogP contribution < -0.4 is 16.5 Å². The smallest absolute Gasteiger partial charge is 0.248 e. The maximum atomic E-state index is 10.6. The number of pyridine rings is 1. The lowest BCUT2D eigenvalue weighted by Crippen LogP contribution is -2.12. The van der Waals surface area contributed by atoms with E-state index < -0.39 is 5.91 Å². The zero-order chi connectivity index (χ0) is 8.27. The Hall–Kier alpha value is -1.62. The Labute approximate surface area is 62.9 Å². The minimum atomic E-state index is -0.536. The first kappa shape index (κ1) is 7.49. The second-order valence-electron chi connectivity index (χ2n) is 1.86. The van der Waals surface area contributed by atoms with E-state index in [1.54, 1.807) is 0 Å². The summed E-state index contributed by atoms with van der Waals surface area (Å²) in [5.41, 5.74) is 5.29. The van der Waals surface area contributed by atoms with E-state index in [9.17, 15) is 4.79 Å². The highest BCUT2D eigenvalue weighted by molar-refractivity contribution is 5.92. The van der Waals surface area contributed by atoms with E-state index in [1.165, 1.54) is 18.3 Å². The summed E-state index contributed by atoms with van der Waals surface area (Å²) >= 11 is 0. The zero-order valence-corrected chi connectivity index (χ0v) is 5.65. The molecule has 1 aromatic rings. The molecule has 1 rings (SSSR count). The third kappa shape index (κ3) is 1.65. The topological polar surface area (TPSA) is 91.2 Å². The van der Waals surface area contributed by atoms with Gasteiger partial charge < -0.3 is 10.6 Å². The molecule has 0 atom stereocenters. The monoisotopic (exact) mass is 153 g/mol. The van der Waals surface area contributed by atoms with Crippen LogP contribution in [0.4, 0.5) is 0 Å². The molecule has 0 saturated heterocycles. The molecule has 0 bridgehead atoms. The molecule has 0 fully saturated rings. The maximum Gasteiger partial charge on any atom is 0.248 e. The fourth-order valence-electron chi connectivity index (χ4n) is 0.627. The summed E-state index contributed by atoms with van der Waals surface area (Å²) in [6.07, 6.45) is 1.39. The Kier molecular flexibility index (Phi) is 2.03. The number of amides is 1. The number of nitrogens with two attached hydrogens (primary N) is 2. The van der Waals surface area contributed by atoms with Gasteiger partial charge in [0.25, 0.3) is 0 Å². The number of carbonyl (C=O) groups is 1. The van der Waals surface area contributed by atoms with Gasteiger partial charge in [-0.15, -0.1) is 0 Å². The van der Waals surface area contributed by atoms with Crippen LogP contribution >= 0.6 is 0 Å². The Morgan fingerprint density at radius 1 is 1.64 bits per heavy atom. The first-order chi connectivity index (χ1) is 5.24. The van der Waals surface area contributed by atoms with Gasteiger partial charge in [-0.05, 0) is 6.07 Å². The second-order valence-corrected chi connectivity index (χ2v) is 1.86. The molecule has 0 unspecified atom stereocenters. The van der Waals surface area contributed by atoms with Crippen LogP contribution in [-0.2, 0) is 0 Å². The second kappa shape index (κ2) is 2.98. The Morgan fingerprint density at radius 2 is 2.36 bits per heavy atom. The molecule has 1 heterocycles. The van der Waals surface area contributed by atoms with E-state index in [-0.39, 0.29) is 5.88 Å². The van der Waals surface area contributed by atoms with Crippen LogP contribution in [0, 0.1) is 0 Å². The van der Waals surface area contributed by atoms with Crippen LogP contribution in [-0.4, -0.2) is 10.9 Å². The van der Waals surface area contributed by atoms with Gasteiger partial charge in [0, 0.05) is 17.8 Å². The van der Waals surface area contributed by atoms with Crippen LogP contribution in [0.5, 0.6) is 5.88 Å². The van der Waals surface area contributed by atoms with Gasteiger partial charge in [-0.2, -0.15) is 5.90 Å². The van der Waals surface area contributed by atoms with Crippen LogP contribution in [0.25, 0.3) is 0 Å². The molecule has 0 spiro atoms. The summed E-state index contributed by atoms with van der Waals surface area (Å²) in [6.45, 7) is 0. The number of rotatable bonds is 2. The van der Waals surface area contributed by atoms with E-state index in [4.69, 9.17) is 11.6 Å². The standard InChI is InChI=1S/C6H7N3O2/c7-6(10)4-1-2-9-5(3-4)11-8/h1-3H,8H2,(H2,7,10). The maximum absolute atomic E-state index is 10.6. The molecule has 0 aliphatic rings. The highest BCUT2D eigenvalue weighted by Crippen LogP contribution is 2.06. The molecular formula is C6H7N3O2. The molecule has 0 aromatic carbocycles. The van der Waals surface area contributed by atoms with Crippen molar-refractivity contribution in [2.75, 3.05) is 0 Å². The van der Waals surface area contributed by atoms with E-state index in [1.807, 2.05) is 0 Å². The molecular weight excluding hydrogens is 146 g/mol. The van der Waals surface area contributed by atoms with Gasteiger partial charge in [0.2, 0.25) is 11.8 Å². The van der Waals surface area contributed by atoms with Gasteiger partial charge in [0.15, 0.2) is 0 Å². The molecule has 0 radical (unpaired) electrons. The summed E-state index contributed by atoms with van der Waals surface area (Å²) in [5, 5.41) is 0. The number of hydrogen-bond donors (Lipinski definition) is 2. The molecule has 5 nitrogen and oxygen atoms in total. The van der Waals surface area contributed by atoms with Crippen molar-refractivity contribution in [1.82, 2.24) is 4.98 Å². The van der Waals surface area contributed by atoms with Gasteiger partial charge in [0.05, 0.1) is 0 Å². The molecule has 0 aliphatic carbocycles. The Morgan fingerprint density at radius 3 is 2.91 bits per heavy atom. The van der Waals surface area contributed by atoms with E-state index in [2.05, 4.69) is 9.82 Å². The molecule has 1 aromatic heterocycles. The molecule has 1 amide bonds. The van der Waals surface area contributed by atoms with Gasteiger partial charge in [0.1, 0.15) is 0 Å². The zero-order valence-electron chi connectivity index (χ0n) is 5.65. The Balaban J connectivity index is 3.01. The van der Waals surface area contributed by atoms with Gasteiger partial charge in [-0.3, -0.25) is 4.79 Å². The molecule has 0 aliphatic heterocycles. The average Bonchev–Trinajstić information content (AvgIpc) is 2.05. The third-order valence-electron chi connectivity index (χ3n) is 1.14.